The molecule has 0 aliphatic rings. The Labute approximate surface area is 98.6 Å². The first-order valence-electron chi connectivity index (χ1n) is 5.62. The molecule has 0 spiro atoms. The van der Waals surface area contributed by atoms with Crippen LogP contribution in [0.4, 0.5) is 0 Å². The summed E-state index contributed by atoms with van der Waals surface area (Å²) in [6, 6.07) is 0. The summed E-state index contributed by atoms with van der Waals surface area (Å²) in [5, 5.41) is 3.00. The summed E-state index contributed by atoms with van der Waals surface area (Å²) in [5.41, 5.74) is -0.117. The Morgan fingerprint density at radius 2 is 1.73 bits per heavy atom. The first-order valence-corrected chi connectivity index (χ1v) is 6.77. The van der Waals surface area contributed by atoms with Crippen molar-refractivity contribution in [3.8, 4) is 0 Å². The van der Waals surface area contributed by atoms with Gasteiger partial charge in [-0.2, -0.15) is 11.8 Å². The van der Waals surface area contributed by atoms with Crippen molar-refractivity contribution in [2.75, 3.05) is 11.5 Å². The second-order valence-corrected chi connectivity index (χ2v) is 6.65. The third-order valence-corrected chi connectivity index (χ3v) is 3.40. The van der Waals surface area contributed by atoms with Crippen LogP contribution >= 0.6 is 11.8 Å². The average molecular weight is 231 g/mol. The van der Waals surface area contributed by atoms with E-state index in [0.717, 1.165) is 11.5 Å². The summed E-state index contributed by atoms with van der Waals surface area (Å²) in [4.78, 5) is 11.7. The van der Waals surface area contributed by atoms with Crippen molar-refractivity contribution in [1.29, 1.82) is 0 Å². The molecule has 0 rings (SSSR count). The smallest absolute Gasteiger partial charge is 0.224 e. The van der Waals surface area contributed by atoms with Gasteiger partial charge in [-0.3, -0.25) is 4.79 Å². The van der Waals surface area contributed by atoms with Crippen molar-refractivity contribution in [3.05, 3.63) is 0 Å². The molecule has 0 aromatic rings. The molecule has 1 unspecified atom stereocenters. The molecule has 90 valence electrons. The second kappa shape index (κ2) is 6.41. The van der Waals surface area contributed by atoms with Crippen LogP contribution in [0.3, 0.4) is 0 Å². The average Bonchev–Trinajstić information content (AvgIpc) is 1.99. The Balaban J connectivity index is 3.80. The highest BCUT2D eigenvalue weighted by molar-refractivity contribution is 7.99. The summed E-state index contributed by atoms with van der Waals surface area (Å²) >= 11 is 1.86. The summed E-state index contributed by atoms with van der Waals surface area (Å²) in [5.74, 6) is 3.02. The lowest BCUT2D eigenvalue weighted by Gasteiger charge is -2.23. The van der Waals surface area contributed by atoms with Gasteiger partial charge in [0.05, 0.1) is 0 Å². The van der Waals surface area contributed by atoms with Crippen LogP contribution in [0.1, 0.15) is 41.5 Å². The number of carbonyl (C=O) groups is 1. The number of hydrogen-bond acceptors (Lipinski definition) is 2. The lowest BCUT2D eigenvalue weighted by molar-refractivity contribution is -0.125. The second-order valence-electron chi connectivity index (χ2n) is 5.57. The summed E-state index contributed by atoms with van der Waals surface area (Å²) in [7, 11) is 0. The molecule has 3 heteroatoms. The first kappa shape index (κ1) is 14.8. The van der Waals surface area contributed by atoms with E-state index in [9.17, 15) is 4.79 Å². The van der Waals surface area contributed by atoms with Crippen LogP contribution in [0.5, 0.6) is 0 Å². The highest BCUT2D eigenvalue weighted by Crippen LogP contribution is 2.13. The van der Waals surface area contributed by atoms with Gasteiger partial charge in [0.1, 0.15) is 0 Å². The van der Waals surface area contributed by atoms with Crippen LogP contribution in [0.15, 0.2) is 0 Å². The van der Waals surface area contributed by atoms with Gasteiger partial charge in [-0.25, -0.2) is 0 Å². The molecule has 1 N–H and O–H groups in total. The molecule has 1 atom stereocenters. The minimum atomic E-state index is -0.117. The number of amides is 1. The molecule has 0 saturated heterocycles. The number of rotatable bonds is 5. The van der Waals surface area contributed by atoms with E-state index in [1.807, 2.05) is 39.5 Å². The van der Waals surface area contributed by atoms with Crippen molar-refractivity contribution in [1.82, 2.24) is 5.32 Å². The van der Waals surface area contributed by atoms with Gasteiger partial charge in [0.15, 0.2) is 0 Å². The summed E-state index contributed by atoms with van der Waals surface area (Å²) < 4.78 is 0. The van der Waals surface area contributed by atoms with Crippen LogP contribution in [0.2, 0.25) is 0 Å². The number of nitrogens with one attached hydrogen (secondary N) is 1. The van der Waals surface area contributed by atoms with Gasteiger partial charge in [-0.05, 0) is 32.4 Å². The molecule has 0 aromatic heterocycles. The van der Waals surface area contributed by atoms with Gasteiger partial charge in [-0.15, -0.1) is 0 Å². The number of carbonyl (C=O) groups excluding carboxylic acids is 1. The normalized spacial score (nSPS) is 14.1. The lowest BCUT2D eigenvalue weighted by Crippen LogP contribution is -2.43. The fraction of sp³-hybridized carbons (Fsp3) is 0.917. The molecular weight excluding hydrogens is 206 g/mol. The maximum atomic E-state index is 11.7. The quantitative estimate of drug-likeness (QED) is 0.788. The molecule has 1 amide bonds. The third-order valence-electron chi connectivity index (χ3n) is 1.76. The van der Waals surface area contributed by atoms with Crippen LogP contribution in [0, 0.1) is 11.8 Å². The Morgan fingerprint density at radius 1 is 1.20 bits per heavy atom. The largest absolute Gasteiger partial charge is 0.351 e. The van der Waals surface area contributed by atoms with Crippen LogP contribution in [-0.4, -0.2) is 23.0 Å². The van der Waals surface area contributed by atoms with E-state index in [2.05, 4.69) is 19.2 Å². The van der Waals surface area contributed by atoms with Crippen LogP contribution in [-0.2, 0) is 4.79 Å². The Hall–Kier alpha value is -0.180. The van der Waals surface area contributed by atoms with E-state index in [-0.39, 0.29) is 17.4 Å². The van der Waals surface area contributed by atoms with E-state index in [1.165, 1.54) is 0 Å². The van der Waals surface area contributed by atoms with E-state index in [0.29, 0.717) is 5.92 Å². The molecule has 0 aliphatic carbocycles. The fourth-order valence-corrected chi connectivity index (χ4v) is 2.16. The van der Waals surface area contributed by atoms with E-state index < -0.39 is 0 Å². The monoisotopic (exact) mass is 231 g/mol. The zero-order valence-electron chi connectivity index (χ0n) is 10.9. The molecule has 0 radical (unpaired) electrons. The van der Waals surface area contributed by atoms with Crippen LogP contribution < -0.4 is 5.32 Å². The van der Waals surface area contributed by atoms with Gasteiger partial charge >= 0.3 is 0 Å². The fourth-order valence-electron chi connectivity index (χ4n) is 1.05. The van der Waals surface area contributed by atoms with Gasteiger partial charge < -0.3 is 5.32 Å². The molecular formula is C12H25NOS. The van der Waals surface area contributed by atoms with E-state index in [4.69, 9.17) is 0 Å². The van der Waals surface area contributed by atoms with Crippen molar-refractivity contribution in [2.24, 2.45) is 11.8 Å². The van der Waals surface area contributed by atoms with Crippen molar-refractivity contribution in [2.45, 2.75) is 47.1 Å². The molecule has 0 aromatic carbocycles. The maximum absolute atomic E-state index is 11.7. The zero-order chi connectivity index (χ0) is 12.1. The minimum Gasteiger partial charge on any atom is -0.351 e. The van der Waals surface area contributed by atoms with Crippen LogP contribution in [0.25, 0.3) is 0 Å². The Bertz CT molecular complexity index is 196. The zero-order valence-corrected chi connectivity index (χ0v) is 11.7. The van der Waals surface area contributed by atoms with E-state index >= 15 is 0 Å². The lowest BCUT2D eigenvalue weighted by atomic mass is 10.1. The van der Waals surface area contributed by atoms with Gasteiger partial charge in [0.25, 0.3) is 0 Å². The molecule has 0 heterocycles. The Morgan fingerprint density at radius 3 is 2.13 bits per heavy atom. The SMILES string of the molecule is CC(C)CSCC(C)C(=O)NC(C)(C)C. The van der Waals surface area contributed by atoms with Gasteiger partial charge in [-0.1, -0.05) is 20.8 Å². The topological polar surface area (TPSA) is 29.1 Å². The third kappa shape index (κ3) is 8.79. The molecule has 15 heavy (non-hydrogen) atoms. The predicted octanol–water partition coefficient (Wildman–Crippen LogP) is 2.93. The summed E-state index contributed by atoms with van der Waals surface area (Å²) in [6.07, 6.45) is 0. The van der Waals surface area contributed by atoms with Crippen molar-refractivity contribution in [3.63, 3.8) is 0 Å². The maximum Gasteiger partial charge on any atom is 0.224 e. The molecule has 0 aliphatic heterocycles. The predicted molar refractivity (Wildman–Crippen MR) is 69.2 cm³/mol. The van der Waals surface area contributed by atoms with Gasteiger partial charge in [0.2, 0.25) is 5.91 Å². The van der Waals surface area contributed by atoms with Crippen molar-refractivity contribution >= 4 is 17.7 Å². The minimum absolute atomic E-state index is 0.105. The van der Waals surface area contributed by atoms with E-state index in [1.54, 1.807) is 0 Å². The summed E-state index contributed by atoms with van der Waals surface area (Å²) in [6.45, 7) is 12.4. The molecule has 0 saturated carbocycles. The molecule has 2 nitrogen and oxygen atoms in total. The number of hydrogen-bond donors (Lipinski definition) is 1. The Kier molecular flexibility index (Phi) is 6.34. The highest BCUT2D eigenvalue weighted by atomic mass is 32.2. The number of thioether (sulfide) groups is 1. The first-order chi connectivity index (χ1) is 6.72. The molecule has 0 bridgehead atoms. The van der Waals surface area contributed by atoms with Gasteiger partial charge in [0, 0.05) is 17.2 Å². The molecule has 0 fully saturated rings. The standard InChI is InChI=1S/C12H25NOS/c1-9(2)7-15-8-10(3)11(14)13-12(4,5)6/h9-10H,7-8H2,1-6H3,(H,13,14). The highest BCUT2D eigenvalue weighted by Gasteiger charge is 2.18. The van der Waals surface area contributed by atoms with Crippen molar-refractivity contribution < 1.29 is 4.79 Å².